The molecule has 4 aromatic rings. The van der Waals surface area contributed by atoms with Crippen molar-refractivity contribution >= 4 is 77.9 Å². The first-order valence-corrected chi connectivity index (χ1v) is 15.2. The number of nitro benzene ring substituents is 1. The SMILES string of the molecule is COC(=O)c1c(OC)cc(Nc2ccc(Br)cc2N)cc1OC.COC(=O)c1c(OC)cc(Nc2ccc(Br)cc2[N+](=O)[O-])cc1OC. The van der Waals surface area contributed by atoms with Crippen LogP contribution in [-0.4, -0.2) is 59.5 Å². The minimum Gasteiger partial charge on any atom is -0.496 e. The molecule has 14 nitrogen and oxygen atoms in total. The second kappa shape index (κ2) is 17.1. The quantitative estimate of drug-likeness (QED) is 0.0589. The summed E-state index contributed by atoms with van der Waals surface area (Å²) in [7, 11) is 8.28. The number of halogens is 2. The van der Waals surface area contributed by atoms with Crippen LogP contribution in [0.15, 0.2) is 69.6 Å². The number of methoxy groups -OCH3 is 6. The molecule has 0 aromatic heterocycles. The van der Waals surface area contributed by atoms with E-state index in [1.165, 1.54) is 60.9 Å². The first kappa shape index (κ1) is 37.2. The molecule has 0 saturated heterocycles. The highest BCUT2D eigenvalue weighted by Gasteiger charge is 2.23. The average molecular weight is 792 g/mol. The number of carbonyl (C=O) groups is 2. The van der Waals surface area contributed by atoms with Crippen molar-refractivity contribution in [2.24, 2.45) is 0 Å². The van der Waals surface area contributed by atoms with Crippen molar-refractivity contribution in [3.63, 3.8) is 0 Å². The van der Waals surface area contributed by atoms with Gasteiger partial charge in [-0.05, 0) is 30.3 Å². The third-order valence-electron chi connectivity index (χ3n) is 6.52. The van der Waals surface area contributed by atoms with E-state index in [0.717, 1.165) is 10.2 Å². The second-order valence-corrected chi connectivity index (χ2v) is 11.2. The number of hydrogen-bond donors (Lipinski definition) is 3. The van der Waals surface area contributed by atoms with Gasteiger partial charge in [-0.3, -0.25) is 10.1 Å². The summed E-state index contributed by atoms with van der Waals surface area (Å²) in [4.78, 5) is 34.6. The summed E-state index contributed by atoms with van der Waals surface area (Å²) < 4.78 is 32.0. The Morgan fingerprint density at radius 1 is 0.646 bits per heavy atom. The first-order valence-electron chi connectivity index (χ1n) is 13.6. The first-order chi connectivity index (χ1) is 22.9. The van der Waals surface area contributed by atoms with E-state index in [9.17, 15) is 19.7 Å². The number of nitro groups is 1. The molecule has 0 unspecified atom stereocenters. The van der Waals surface area contributed by atoms with Gasteiger partial charge in [0, 0.05) is 50.7 Å². The Bertz CT molecular complexity index is 1770. The summed E-state index contributed by atoms with van der Waals surface area (Å²) in [5.41, 5.74) is 8.93. The Kier molecular flexibility index (Phi) is 13.3. The van der Waals surface area contributed by atoms with Crippen molar-refractivity contribution in [1.82, 2.24) is 0 Å². The number of nitrogens with two attached hydrogens (primary N) is 1. The zero-order valence-corrected chi connectivity index (χ0v) is 29.8. The monoisotopic (exact) mass is 790 g/mol. The molecule has 4 aromatic carbocycles. The molecule has 0 atom stereocenters. The van der Waals surface area contributed by atoms with Crippen molar-refractivity contribution in [3.8, 4) is 23.0 Å². The molecule has 0 spiro atoms. The average Bonchev–Trinajstić information content (AvgIpc) is 3.08. The smallest absolute Gasteiger partial charge is 0.345 e. The Morgan fingerprint density at radius 2 is 1.02 bits per heavy atom. The van der Waals surface area contributed by atoms with E-state index in [2.05, 4.69) is 42.5 Å². The maximum absolute atomic E-state index is 11.9. The summed E-state index contributed by atoms with van der Waals surface area (Å²) in [5.74, 6) is -0.0334. The predicted molar refractivity (Wildman–Crippen MR) is 188 cm³/mol. The van der Waals surface area contributed by atoms with Crippen LogP contribution in [0.25, 0.3) is 0 Å². The summed E-state index contributed by atoms with van der Waals surface area (Å²) in [6, 6.07) is 16.5. The number of rotatable bonds is 11. The van der Waals surface area contributed by atoms with Crippen LogP contribution in [0.3, 0.4) is 0 Å². The van der Waals surface area contributed by atoms with Crippen molar-refractivity contribution < 1.29 is 42.9 Å². The van der Waals surface area contributed by atoms with Crippen LogP contribution in [0.1, 0.15) is 20.7 Å². The van der Waals surface area contributed by atoms with Gasteiger partial charge in [0.05, 0.1) is 59.0 Å². The molecule has 0 fully saturated rings. The topological polar surface area (TPSA) is 183 Å². The molecule has 4 rings (SSSR count). The highest BCUT2D eigenvalue weighted by atomic mass is 79.9. The molecule has 0 radical (unpaired) electrons. The van der Waals surface area contributed by atoms with E-state index in [4.69, 9.17) is 34.2 Å². The van der Waals surface area contributed by atoms with Crippen LogP contribution in [0.5, 0.6) is 23.0 Å². The normalized spacial score (nSPS) is 10.1. The lowest BCUT2D eigenvalue weighted by atomic mass is 10.1. The van der Waals surface area contributed by atoms with Crippen molar-refractivity contribution in [2.45, 2.75) is 0 Å². The fourth-order valence-electron chi connectivity index (χ4n) is 4.29. The van der Waals surface area contributed by atoms with E-state index in [-0.39, 0.29) is 34.0 Å². The van der Waals surface area contributed by atoms with E-state index in [1.807, 2.05) is 12.1 Å². The Balaban J connectivity index is 0.000000261. The molecule has 48 heavy (non-hydrogen) atoms. The number of nitrogen functional groups attached to an aromatic ring is 1. The highest BCUT2D eigenvalue weighted by molar-refractivity contribution is 9.10. The molecule has 16 heteroatoms. The Labute approximate surface area is 292 Å². The summed E-state index contributed by atoms with van der Waals surface area (Å²) >= 11 is 6.57. The van der Waals surface area contributed by atoms with E-state index >= 15 is 0 Å². The lowest BCUT2D eigenvalue weighted by molar-refractivity contribution is -0.384. The Morgan fingerprint density at radius 3 is 1.38 bits per heavy atom. The number of nitrogens with one attached hydrogen (secondary N) is 2. The summed E-state index contributed by atoms with van der Waals surface area (Å²) in [6.07, 6.45) is 0. The number of carbonyl (C=O) groups excluding carboxylic acids is 2. The number of benzene rings is 4. The van der Waals surface area contributed by atoms with Crippen molar-refractivity contribution in [1.29, 1.82) is 0 Å². The van der Waals surface area contributed by atoms with E-state index in [1.54, 1.807) is 30.3 Å². The van der Waals surface area contributed by atoms with Gasteiger partial charge < -0.3 is 44.8 Å². The minimum atomic E-state index is -0.616. The van der Waals surface area contributed by atoms with E-state index in [0.29, 0.717) is 33.0 Å². The fraction of sp³-hybridized carbons (Fsp3) is 0.188. The van der Waals surface area contributed by atoms with Gasteiger partial charge in [0.25, 0.3) is 5.69 Å². The van der Waals surface area contributed by atoms with Gasteiger partial charge in [0.1, 0.15) is 39.8 Å². The van der Waals surface area contributed by atoms with Gasteiger partial charge in [-0.1, -0.05) is 31.9 Å². The van der Waals surface area contributed by atoms with Crippen LogP contribution in [-0.2, 0) is 9.47 Å². The van der Waals surface area contributed by atoms with Crippen LogP contribution in [0, 0.1) is 10.1 Å². The van der Waals surface area contributed by atoms with Crippen molar-refractivity contribution in [2.75, 3.05) is 59.0 Å². The maximum atomic E-state index is 11.9. The zero-order chi connectivity index (χ0) is 35.5. The van der Waals surface area contributed by atoms with Crippen LogP contribution in [0.2, 0.25) is 0 Å². The van der Waals surface area contributed by atoms with Gasteiger partial charge in [-0.2, -0.15) is 0 Å². The number of nitrogens with zero attached hydrogens (tertiary/aromatic N) is 1. The molecule has 254 valence electrons. The Hall–Kier alpha value is -5.22. The lowest BCUT2D eigenvalue weighted by Gasteiger charge is -2.16. The molecular formula is C32H32Br2N4O10. The van der Waals surface area contributed by atoms with Gasteiger partial charge >= 0.3 is 11.9 Å². The maximum Gasteiger partial charge on any atom is 0.345 e. The molecular weight excluding hydrogens is 760 g/mol. The minimum absolute atomic E-state index is 0.107. The molecule has 0 saturated carbocycles. The van der Waals surface area contributed by atoms with Crippen molar-refractivity contribution in [3.05, 3.63) is 90.9 Å². The van der Waals surface area contributed by atoms with Crippen LogP contribution in [0.4, 0.5) is 34.1 Å². The van der Waals surface area contributed by atoms with Gasteiger partial charge in [0.2, 0.25) is 0 Å². The predicted octanol–water partition coefficient (Wildman–Crippen LogP) is 7.48. The number of anilines is 5. The second-order valence-electron chi connectivity index (χ2n) is 9.39. The zero-order valence-electron chi connectivity index (χ0n) is 26.6. The molecule has 0 heterocycles. The highest BCUT2D eigenvalue weighted by Crippen LogP contribution is 2.38. The molecule has 0 aliphatic heterocycles. The number of hydrogen-bond acceptors (Lipinski definition) is 13. The van der Waals surface area contributed by atoms with E-state index < -0.39 is 16.9 Å². The van der Waals surface area contributed by atoms with Crippen LogP contribution >= 0.6 is 31.9 Å². The van der Waals surface area contributed by atoms with Crippen LogP contribution < -0.4 is 35.3 Å². The third-order valence-corrected chi connectivity index (χ3v) is 7.51. The molecule has 0 aliphatic rings. The third kappa shape index (κ3) is 8.98. The lowest BCUT2D eigenvalue weighted by Crippen LogP contribution is -2.07. The van der Waals surface area contributed by atoms with Gasteiger partial charge in [0.15, 0.2) is 0 Å². The molecule has 0 amide bonds. The van der Waals surface area contributed by atoms with Gasteiger partial charge in [-0.25, -0.2) is 9.59 Å². The summed E-state index contributed by atoms with van der Waals surface area (Å²) in [5, 5.41) is 17.3. The largest absolute Gasteiger partial charge is 0.496 e. The molecule has 4 N–H and O–H groups in total. The number of ether oxygens (including phenoxy) is 6. The van der Waals surface area contributed by atoms with Gasteiger partial charge in [-0.15, -0.1) is 0 Å². The standard InChI is InChI=1S/C16H15BrN2O6.C16H17BrN2O4/c1-23-13-7-10(8-14(24-2)15(13)16(20)25-3)18-11-5-4-9(17)6-12(11)19(21)22;1-21-13-7-10(8-14(22-2)15(13)16(20)23-3)19-12-5-4-9(17)6-11(12)18/h4-8,18H,1-3H3;4-8,19H,18H2,1-3H3. The number of esters is 2. The molecule has 0 bridgehead atoms. The fourth-order valence-corrected chi connectivity index (χ4v) is 5.02. The summed E-state index contributed by atoms with van der Waals surface area (Å²) in [6.45, 7) is 0. The molecule has 0 aliphatic carbocycles.